The van der Waals surface area contributed by atoms with E-state index in [0.29, 0.717) is 5.92 Å². The van der Waals surface area contributed by atoms with Gasteiger partial charge in [0.1, 0.15) is 0 Å². The molecule has 1 N–H and O–H groups in total. The lowest BCUT2D eigenvalue weighted by atomic mass is 9.59. The Morgan fingerprint density at radius 1 is 1.18 bits per heavy atom. The molecule has 0 heterocycles. The first kappa shape index (κ1) is 14.2. The van der Waals surface area contributed by atoms with Crippen LogP contribution in [0.2, 0.25) is 0 Å². The van der Waals surface area contributed by atoms with Crippen LogP contribution < -0.4 is 4.83 Å². The number of sulfonamides is 1. The number of benzene rings is 1. The molecule has 1 aromatic rings. The van der Waals surface area contributed by atoms with Crippen molar-refractivity contribution in [2.24, 2.45) is 22.4 Å². The highest BCUT2D eigenvalue weighted by Gasteiger charge is 2.58. The Bertz CT molecular complexity index is 718. The van der Waals surface area contributed by atoms with Gasteiger partial charge >= 0.3 is 0 Å². The van der Waals surface area contributed by atoms with Gasteiger partial charge in [-0.2, -0.15) is 13.5 Å². The van der Waals surface area contributed by atoms with Crippen LogP contribution >= 0.6 is 0 Å². The molecule has 118 valence electrons. The predicted octanol–water partition coefficient (Wildman–Crippen LogP) is 3.23. The van der Waals surface area contributed by atoms with Crippen LogP contribution in [0.5, 0.6) is 0 Å². The number of hydrogen-bond donors (Lipinski definition) is 1. The van der Waals surface area contributed by atoms with E-state index in [1.54, 1.807) is 12.1 Å². The van der Waals surface area contributed by atoms with Crippen LogP contribution in [-0.4, -0.2) is 14.1 Å². The van der Waals surface area contributed by atoms with Gasteiger partial charge in [-0.1, -0.05) is 24.1 Å². The third kappa shape index (κ3) is 2.02. The smallest absolute Gasteiger partial charge is 0.200 e. The molecular weight excluding hydrogens is 296 g/mol. The quantitative estimate of drug-likeness (QED) is 0.870. The van der Waals surface area contributed by atoms with Gasteiger partial charge in [0, 0.05) is 11.1 Å². The van der Waals surface area contributed by atoms with Crippen LogP contribution in [0.15, 0.2) is 34.3 Å². The zero-order valence-electron chi connectivity index (χ0n) is 12.9. The summed E-state index contributed by atoms with van der Waals surface area (Å²) in [5.41, 5.74) is 2.43. The maximum absolute atomic E-state index is 12.4. The van der Waals surface area contributed by atoms with Crippen LogP contribution in [-0.2, 0) is 10.0 Å². The van der Waals surface area contributed by atoms with Gasteiger partial charge in [0.25, 0.3) is 10.0 Å². The molecule has 0 saturated heterocycles. The Balaban J connectivity index is 1.60. The number of aryl methyl sites for hydroxylation is 1. The summed E-state index contributed by atoms with van der Waals surface area (Å²) in [7, 11) is -3.55. The molecule has 2 bridgehead atoms. The van der Waals surface area contributed by atoms with Crippen LogP contribution in [0.25, 0.3) is 0 Å². The van der Waals surface area contributed by atoms with Crippen molar-refractivity contribution in [3.05, 3.63) is 29.8 Å². The lowest BCUT2D eigenvalue weighted by Crippen LogP contribution is -2.43. The van der Waals surface area contributed by atoms with Gasteiger partial charge in [0.05, 0.1) is 4.90 Å². The molecule has 2 atom stereocenters. The molecular formula is C17H22N2O2S. The van der Waals surface area contributed by atoms with E-state index >= 15 is 0 Å². The van der Waals surface area contributed by atoms with Crippen LogP contribution in [0, 0.1) is 24.2 Å². The topological polar surface area (TPSA) is 58.5 Å². The normalized spacial score (nSPS) is 30.7. The van der Waals surface area contributed by atoms with Gasteiger partial charge in [-0.15, -0.1) is 0 Å². The van der Waals surface area contributed by atoms with Gasteiger partial charge in [-0.3, -0.25) is 0 Å². The summed E-state index contributed by atoms with van der Waals surface area (Å²) in [4.78, 5) is 2.79. The average Bonchev–Trinajstić information content (AvgIpc) is 3.03. The molecule has 3 aliphatic rings. The van der Waals surface area contributed by atoms with E-state index in [9.17, 15) is 8.42 Å². The lowest BCUT2D eigenvalue weighted by Gasteiger charge is -2.46. The second-order valence-electron chi connectivity index (χ2n) is 7.12. The van der Waals surface area contributed by atoms with E-state index in [4.69, 9.17) is 0 Å². The van der Waals surface area contributed by atoms with Gasteiger partial charge in [0.2, 0.25) is 0 Å². The fourth-order valence-corrected chi connectivity index (χ4v) is 5.47. The van der Waals surface area contributed by atoms with E-state index in [1.165, 1.54) is 38.5 Å². The Morgan fingerprint density at radius 3 is 2.55 bits per heavy atom. The van der Waals surface area contributed by atoms with Crippen molar-refractivity contribution in [3.63, 3.8) is 0 Å². The summed E-state index contributed by atoms with van der Waals surface area (Å²) in [5.74, 6) is 1.25. The van der Waals surface area contributed by atoms with Crippen molar-refractivity contribution in [1.82, 2.24) is 4.83 Å². The minimum absolute atomic E-state index is 0.235. The zero-order chi connectivity index (χ0) is 15.4. The molecule has 0 aliphatic heterocycles. The first-order chi connectivity index (χ1) is 10.5. The summed E-state index contributed by atoms with van der Waals surface area (Å²) in [6.07, 6.45) is 7.34. The van der Waals surface area contributed by atoms with Gasteiger partial charge < -0.3 is 0 Å². The average molecular weight is 318 g/mol. The molecule has 0 unspecified atom stereocenters. The molecule has 1 spiro atoms. The van der Waals surface area contributed by atoms with E-state index in [2.05, 4.69) is 9.93 Å². The molecule has 3 aliphatic carbocycles. The van der Waals surface area contributed by atoms with Crippen LogP contribution in [0.3, 0.4) is 0 Å². The fourth-order valence-electron chi connectivity index (χ4n) is 4.65. The molecule has 5 heteroatoms. The number of hydrazone groups is 1. The maximum atomic E-state index is 12.4. The Kier molecular flexibility index (Phi) is 3.12. The Morgan fingerprint density at radius 2 is 1.91 bits per heavy atom. The summed E-state index contributed by atoms with van der Waals surface area (Å²) in [5, 5.41) is 4.43. The minimum atomic E-state index is -3.55. The highest BCUT2D eigenvalue weighted by atomic mass is 32.2. The van der Waals surface area contributed by atoms with Gasteiger partial charge in [-0.25, -0.2) is 4.83 Å². The Labute approximate surface area is 132 Å². The SMILES string of the molecule is Cc1ccc(S(=O)(=O)N/N=C2\[C@@H]3CC[C@@H](C3)C23CCC3)cc1. The second kappa shape index (κ2) is 4.82. The highest BCUT2D eigenvalue weighted by Crippen LogP contribution is 2.62. The zero-order valence-corrected chi connectivity index (χ0v) is 13.7. The standard InChI is InChI=1S/C17H22N2O2S/c1-12-3-7-15(8-4-12)22(20,21)19-18-16-13-5-6-14(11-13)17(16)9-2-10-17/h3-4,7-8,13-14,19H,2,5-6,9-11H2,1H3/b18-16+/t13-,14+/m1/s1. The highest BCUT2D eigenvalue weighted by molar-refractivity contribution is 7.89. The van der Waals surface area contributed by atoms with E-state index in [-0.39, 0.29) is 10.3 Å². The maximum Gasteiger partial charge on any atom is 0.276 e. The molecule has 4 nitrogen and oxygen atoms in total. The molecule has 0 radical (unpaired) electrons. The number of nitrogens with zero attached hydrogens (tertiary/aromatic N) is 1. The molecule has 4 rings (SSSR count). The van der Waals surface area contributed by atoms with E-state index in [1.807, 2.05) is 19.1 Å². The molecule has 3 fully saturated rings. The minimum Gasteiger partial charge on any atom is -0.200 e. The first-order valence-corrected chi connectivity index (χ1v) is 9.66. The number of nitrogens with one attached hydrogen (secondary N) is 1. The molecule has 0 aromatic heterocycles. The summed E-state index contributed by atoms with van der Waals surface area (Å²) in [6, 6.07) is 6.90. The molecule has 22 heavy (non-hydrogen) atoms. The third-order valence-corrected chi connectivity index (χ3v) is 7.20. The first-order valence-electron chi connectivity index (χ1n) is 8.18. The lowest BCUT2D eigenvalue weighted by molar-refractivity contribution is 0.146. The van der Waals surface area contributed by atoms with Crippen molar-refractivity contribution >= 4 is 15.7 Å². The van der Waals surface area contributed by atoms with Crippen molar-refractivity contribution in [1.29, 1.82) is 0 Å². The monoisotopic (exact) mass is 318 g/mol. The largest absolute Gasteiger partial charge is 0.276 e. The molecule has 1 aromatic carbocycles. The molecule has 0 amide bonds. The van der Waals surface area contributed by atoms with Gasteiger partial charge in [0.15, 0.2) is 0 Å². The van der Waals surface area contributed by atoms with Crippen LogP contribution in [0.1, 0.15) is 44.1 Å². The second-order valence-corrected chi connectivity index (χ2v) is 8.78. The number of rotatable bonds is 3. The van der Waals surface area contributed by atoms with Gasteiger partial charge in [-0.05, 0) is 63.0 Å². The summed E-state index contributed by atoms with van der Waals surface area (Å²) < 4.78 is 24.8. The predicted molar refractivity (Wildman–Crippen MR) is 86.1 cm³/mol. The number of hydrogen-bond acceptors (Lipinski definition) is 3. The van der Waals surface area contributed by atoms with E-state index in [0.717, 1.165) is 17.2 Å². The Hall–Kier alpha value is -1.36. The van der Waals surface area contributed by atoms with Crippen molar-refractivity contribution in [3.8, 4) is 0 Å². The summed E-state index contributed by atoms with van der Waals surface area (Å²) in [6.45, 7) is 1.94. The fraction of sp³-hybridized carbons (Fsp3) is 0.588. The van der Waals surface area contributed by atoms with Crippen molar-refractivity contribution in [2.45, 2.75) is 50.3 Å². The summed E-state index contributed by atoms with van der Waals surface area (Å²) >= 11 is 0. The van der Waals surface area contributed by atoms with Crippen molar-refractivity contribution < 1.29 is 8.42 Å². The molecule has 3 saturated carbocycles. The van der Waals surface area contributed by atoms with E-state index < -0.39 is 10.0 Å². The third-order valence-electron chi connectivity index (χ3n) is 5.97. The van der Waals surface area contributed by atoms with Crippen LogP contribution in [0.4, 0.5) is 0 Å². The van der Waals surface area contributed by atoms with Crippen molar-refractivity contribution in [2.75, 3.05) is 0 Å². The number of fused-ring (bicyclic) bond motifs is 3.